The molecular formula is C19H21NO. The number of fused-ring (bicyclic) bond motifs is 1. The third-order valence-electron chi connectivity index (χ3n) is 4.02. The zero-order valence-electron chi connectivity index (χ0n) is 13.0. The van der Waals surface area contributed by atoms with Gasteiger partial charge in [-0.25, -0.2) is 0 Å². The van der Waals surface area contributed by atoms with Gasteiger partial charge in [0, 0.05) is 10.9 Å². The van der Waals surface area contributed by atoms with Gasteiger partial charge in [0.2, 0.25) is 0 Å². The Kier molecular flexibility index (Phi) is 3.34. The Balaban J connectivity index is 2.12. The fourth-order valence-electron chi connectivity index (χ4n) is 2.99. The molecule has 21 heavy (non-hydrogen) atoms. The predicted molar refractivity (Wildman–Crippen MR) is 87.6 cm³/mol. The lowest BCUT2D eigenvalue weighted by Crippen LogP contribution is -2.12. The van der Waals surface area contributed by atoms with Crippen molar-refractivity contribution in [1.29, 1.82) is 0 Å². The monoisotopic (exact) mass is 279 g/mol. The van der Waals surface area contributed by atoms with Gasteiger partial charge in [-0.05, 0) is 44.9 Å². The molecule has 0 fully saturated rings. The van der Waals surface area contributed by atoms with E-state index in [1.54, 1.807) is 0 Å². The summed E-state index contributed by atoms with van der Waals surface area (Å²) in [6.45, 7) is 8.34. The minimum absolute atomic E-state index is 0.226. The lowest BCUT2D eigenvalue weighted by atomic mass is 9.98. The first-order chi connectivity index (χ1) is 9.95. The van der Waals surface area contributed by atoms with Gasteiger partial charge in [0.25, 0.3) is 0 Å². The summed E-state index contributed by atoms with van der Waals surface area (Å²) in [5.74, 6) is 0.862. The number of aryl methyl sites for hydroxylation is 4. The second-order valence-electron chi connectivity index (χ2n) is 5.99. The Hall–Kier alpha value is -2.06. The molecule has 0 saturated carbocycles. The molecule has 0 radical (unpaired) electrons. The van der Waals surface area contributed by atoms with Crippen LogP contribution in [0.3, 0.4) is 0 Å². The molecule has 0 bridgehead atoms. The van der Waals surface area contributed by atoms with E-state index in [-0.39, 0.29) is 6.04 Å². The van der Waals surface area contributed by atoms with Gasteiger partial charge >= 0.3 is 0 Å². The van der Waals surface area contributed by atoms with E-state index in [0.717, 1.165) is 27.9 Å². The second-order valence-corrected chi connectivity index (χ2v) is 5.99. The molecular weight excluding hydrogens is 258 g/mol. The Bertz CT molecular complexity index is 794. The van der Waals surface area contributed by atoms with Crippen molar-refractivity contribution in [2.45, 2.75) is 33.7 Å². The van der Waals surface area contributed by atoms with Crippen LogP contribution in [-0.2, 0) is 0 Å². The molecule has 0 aliphatic rings. The molecule has 1 unspecified atom stereocenters. The molecule has 0 aliphatic heterocycles. The van der Waals surface area contributed by atoms with Gasteiger partial charge in [-0.1, -0.05) is 41.5 Å². The van der Waals surface area contributed by atoms with Crippen molar-refractivity contribution in [3.05, 3.63) is 70.0 Å². The summed E-state index contributed by atoms with van der Waals surface area (Å²) in [6.07, 6.45) is 0. The zero-order chi connectivity index (χ0) is 15.1. The van der Waals surface area contributed by atoms with E-state index in [1.807, 2.05) is 0 Å². The molecule has 0 aliphatic carbocycles. The maximum absolute atomic E-state index is 6.46. The van der Waals surface area contributed by atoms with E-state index < -0.39 is 0 Å². The minimum atomic E-state index is -0.226. The molecule has 1 heterocycles. The molecule has 2 nitrogen and oxygen atoms in total. The maximum atomic E-state index is 6.46. The molecule has 2 N–H and O–H groups in total. The summed E-state index contributed by atoms with van der Waals surface area (Å²) in [5, 5.41) is 1.15. The van der Waals surface area contributed by atoms with E-state index in [4.69, 9.17) is 10.2 Å². The van der Waals surface area contributed by atoms with Crippen molar-refractivity contribution in [2.75, 3.05) is 0 Å². The van der Waals surface area contributed by atoms with E-state index in [9.17, 15) is 0 Å². The molecule has 2 heteroatoms. The Morgan fingerprint density at radius 3 is 2.19 bits per heavy atom. The highest BCUT2D eigenvalue weighted by atomic mass is 16.3. The molecule has 2 aromatic carbocycles. The molecule has 0 saturated heterocycles. The van der Waals surface area contributed by atoms with Gasteiger partial charge < -0.3 is 10.2 Å². The average Bonchev–Trinajstić information content (AvgIpc) is 2.73. The van der Waals surface area contributed by atoms with Crippen LogP contribution in [0.5, 0.6) is 0 Å². The number of furan rings is 1. The summed E-state index contributed by atoms with van der Waals surface area (Å²) in [4.78, 5) is 0. The summed E-state index contributed by atoms with van der Waals surface area (Å²) in [6, 6.07) is 12.5. The molecule has 108 valence electrons. The summed E-state index contributed by atoms with van der Waals surface area (Å²) >= 11 is 0. The lowest BCUT2D eigenvalue weighted by Gasteiger charge is -2.12. The number of hydrogen-bond acceptors (Lipinski definition) is 2. The first-order valence-electron chi connectivity index (χ1n) is 7.29. The van der Waals surface area contributed by atoms with Gasteiger partial charge in [0.15, 0.2) is 0 Å². The van der Waals surface area contributed by atoms with E-state index in [0.29, 0.717) is 0 Å². The Labute approximate surface area is 125 Å². The SMILES string of the molecule is Cc1cc(C)cc(C(N)c2oc3cc(C)ccc3c2C)c1. The van der Waals surface area contributed by atoms with Gasteiger partial charge in [0.05, 0.1) is 6.04 Å². The van der Waals surface area contributed by atoms with Crippen LogP contribution in [0.25, 0.3) is 11.0 Å². The lowest BCUT2D eigenvalue weighted by molar-refractivity contribution is 0.521. The zero-order valence-corrected chi connectivity index (χ0v) is 13.0. The second kappa shape index (κ2) is 5.05. The normalized spacial score (nSPS) is 12.8. The van der Waals surface area contributed by atoms with Crippen LogP contribution in [-0.4, -0.2) is 0 Å². The van der Waals surface area contributed by atoms with Crippen molar-refractivity contribution in [3.63, 3.8) is 0 Å². The summed E-state index contributed by atoms with van der Waals surface area (Å²) in [7, 11) is 0. The van der Waals surface area contributed by atoms with E-state index in [2.05, 4.69) is 64.1 Å². The largest absolute Gasteiger partial charge is 0.459 e. The number of rotatable bonds is 2. The van der Waals surface area contributed by atoms with Gasteiger partial charge in [0.1, 0.15) is 11.3 Å². The van der Waals surface area contributed by atoms with Crippen molar-refractivity contribution in [1.82, 2.24) is 0 Å². The van der Waals surface area contributed by atoms with E-state index >= 15 is 0 Å². The molecule has 3 rings (SSSR count). The predicted octanol–water partition coefficient (Wildman–Crippen LogP) is 4.71. The Morgan fingerprint density at radius 2 is 1.52 bits per heavy atom. The summed E-state index contributed by atoms with van der Waals surface area (Å²) < 4.78 is 6.05. The van der Waals surface area contributed by atoms with E-state index in [1.165, 1.54) is 16.7 Å². The number of hydrogen-bond donors (Lipinski definition) is 1. The third-order valence-corrected chi connectivity index (χ3v) is 4.02. The highest BCUT2D eigenvalue weighted by Crippen LogP contribution is 2.32. The smallest absolute Gasteiger partial charge is 0.134 e. The van der Waals surface area contributed by atoms with Crippen LogP contribution in [0.4, 0.5) is 0 Å². The number of nitrogens with two attached hydrogens (primary N) is 1. The van der Waals surface area contributed by atoms with Crippen LogP contribution >= 0.6 is 0 Å². The fourth-order valence-corrected chi connectivity index (χ4v) is 2.99. The highest BCUT2D eigenvalue weighted by Gasteiger charge is 2.19. The van der Waals surface area contributed by atoms with Crippen LogP contribution in [0, 0.1) is 27.7 Å². The van der Waals surface area contributed by atoms with Crippen molar-refractivity contribution >= 4 is 11.0 Å². The molecule has 0 amide bonds. The standard InChI is InChI=1S/C19H21NO/c1-11-5-6-16-14(4)19(21-17(16)10-11)18(20)15-8-12(2)7-13(3)9-15/h5-10,18H,20H2,1-4H3. The third kappa shape index (κ3) is 2.47. The minimum Gasteiger partial charge on any atom is -0.459 e. The first-order valence-corrected chi connectivity index (χ1v) is 7.29. The van der Waals surface area contributed by atoms with Crippen LogP contribution in [0.2, 0.25) is 0 Å². The fraction of sp³-hybridized carbons (Fsp3) is 0.263. The summed E-state index contributed by atoms with van der Waals surface area (Å²) in [5.41, 5.74) is 13.3. The maximum Gasteiger partial charge on any atom is 0.134 e. The van der Waals surface area contributed by atoms with Gasteiger partial charge in [-0.15, -0.1) is 0 Å². The molecule has 1 aromatic heterocycles. The van der Waals surface area contributed by atoms with Crippen LogP contribution in [0.15, 0.2) is 40.8 Å². The van der Waals surface area contributed by atoms with Crippen LogP contribution in [0.1, 0.15) is 39.6 Å². The van der Waals surface area contributed by atoms with Crippen molar-refractivity contribution in [2.24, 2.45) is 5.73 Å². The molecule has 3 aromatic rings. The van der Waals surface area contributed by atoms with Crippen molar-refractivity contribution in [3.8, 4) is 0 Å². The average molecular weight is 279 g/mol. The van der Waals surface area contributed by atoms with Gasteiger partial charge in [-0.3, -0.25) is 0 Å². The molecule has 0 spiro atoms. The number of benzene rings is 2. The topological polar surface area (TPSA) is 39.2 Å². The van der Waals surface area contributed by atoms with Crippen molar-refractivity contribution < 1.29 is 4.42 Å². The highest BCUT2D eigenvalue weighted by molar-refractivity contribution is 5.83. The Morgan fingerprint density at radius 1 is 0.857 bits per heavy atom. The van der Waals surface area contributed by atoms with Crippen LogP contribution < -0.4 is 5.73 Å². The quantitative estimate of drug-likeness (QED) is 0.737. The van der Waals surface area contributed by atoms with Gasteiger partial charge in [-0.2, -0.15) is 0 Å². The first kappa shape index (κ1) is 13.9. The molecule has 1 atom stereocenters.